The molecule has 4 amide bonds. The van der Waals surface area contributed by atoms with Gasteiger partial charge in [-0.3, -0.25) is 19.2 Å². The Hall–Kier alpha value is -3.11. The van der Waals surface area contributed by atoms with E-state index in [1.165, 1.54) is 10.5 Å². The van der Waals surface area contributed by atoms with Crippen molar-refractivity contribution in [2.75, 3.05) is 13.1 Å². The molecule has 180 valence electrons. The minimum atomic E-state index is -5.11. The van der Waals surface area contributed by atoms with Crippen molar-refractivity contribution in [3.05, 3.63) is 35.4 Å². The van der Waals surface area contributed by atoms with Crippen molar-refractivity contribution >= 4 is 23.6 Å². The van der Waals surface area contributed by atoms with E-state index in [1.54, 1.807) is 5.32 Å². The molecule has 0 unspecified atom stereocenters. The number of halogens is 3. The molecular formula is C22H27F3N4O4. The first-order valence-electron chi connectivity index (χ1n) is 10.9. The molecule has 11 heteroatoms. The molecule has 0 spiro atoms. The van der Waals surface area contributed by atoms with Gasteiger partial charge >= 0.3 is 12.1 Å². The van der Waals surface area contributed by atoms with Crippen LogP contribution in [0.5, 0.6) is 0 Å². The van der Waals surface area contributed by atoms with Crippen molar-refractivity contribution in [3.8, 4) is 0 Å². The predicted molar refractivity (Wildman–Crippen MR) is 112 cm³/mol. The third-order valence-corrected chi connectivity index (χ3v) is 5.88. The lowest BCUT2D eigenvalue weighted by Crippen LogP contribution is -2.57. The van der Waals surface area contributed by atoms with Gasteiger partial charge in [0.2, 0.25) is 17.7 Å². The van der Waals surface area contributed by atoms with Gasteiger partial charge in [0.15, 0.2) is 0 Å². The molecule has 0 aromatic heterocycles. The number of alkyl halides is 3. The molecule has 1 heterocycles. The zero-order chi connectivity index (χ0) is 24.2. The summed E-state index contributed by atoms with van der Waals surface area (Å²) >= 11 is 0. The minimum absolute atomic E-state index is 0.129. The second kappa shape index (κ2) is 10.2. The van der Waals surface area contributed by atoms with Crippen LogP contribution in [0.3, 0.4) is 0 Å². The van der Waals surface area contributed by atoms with Crippen molar-refractivity contribution in [2.45, 2.75) is 63.3 Å². The van der Waals surface area contributed by atoms with Crippen molar-refractivity contribution in [1.82, 2.24) is 20.9 Å². The first kappa shape index (κ1) is 24.5. The zero-order valence-electron chi connectivity index (χ0n) is 18.2. The quantitative estimate of drug-likeness (QED) is 0.586. The predicted octanol–water partition coefficient (Wildman–Crippen LogP) is 1.35. The normalized spacial score (nSPS) is 21.6. The van der Waals surface area contributed by atoms with E-state index < -0.39 is 36.0 Å². The van der Waals surface area contributed by atoms with Crippen LogP contribution in [0.1, 0.15) is 49.8 Å². The largest absolute Gasteiger partial charge is 0.471 e. The Morgan fingerprint density at radius 1 is 1.09 bits per heavy atom. The Bertz CT molecular complexity index is 921. The Balaban J connectivity index is 1.53. The monoisotopic (exact) mass is 468 g/mol. The minimum Gasteiger partial charge on any atom is -0.348 e. The first-order valence-corrected chi connectivity index (χ1v) is 10.9. The van der Waals surface area contributed by atoms with Crippen LogP contribution < -0.4 is 16.0 Å². The maximum atomic E-state index is 12.8. The second-order valence-corrected chi connectivity index (χ2v) is 8.37. The van der Waals surface area contributed by atoms with Gasteiger partial charge in [-0.15, -0.1) is 0 Å². The second-order valence-electron chi connectivity index (χ2n) is 8.37. The molecule has 8 nitrogen and oxygen atoms in total. The number of aryl methyl sites for hydroxylation is 1. The summed E-state index contributed by atoms with van der Waals surface area (Å²) in [5, 5.41) is 6.91. The number of benzene rings is 1. The molecule has 1 fully saturated rings. The van der Waals surface area contributed by atoms with Gasteiger partial charge in [-0.25, -0.2) is 0 Å². The molecule has 1 saturated heterocycles. The van der Waals surface area contributed by atoms with E-state index in [-0.39, 0.29) is 18.5 Å². The molecule has 3 rings (SSSR count). The fourth-order valence-corrected chi connectivity index (χ4v) is 4.19. The lowest BCUT2D eigenvalue weighted by Gasteiger charge is -2.33. The van der Waals surface area contributed by atoms with Gasteiger partial charge in [-0.1, -0.05) is 24.3 Å². The number of hydrogen-bond donors (Lipinski definition) is 3. The fourth-order valence-electron chi connectivity index (χ4n) is 4.19. The van der Waals surface area contributed by atoms with E-state index in [2.05, 4.69) is 10.6 Å². The summed E-state index contributed by atoms with van der Waals surface area (Å²) in [5.74, 6) is -3.94. The molecule has 1 aromatic carbocycles. The van der Waals surface area contributed by atoms with E-state index in [0.717, 1.165) is 31.7 Å². The van der Waals surface area contributed by atoms with E-state index in [0.29, 0.717) is 19.4 Å². The number of carbonyl (C=O) groups excluding carboxylic acids is 4. The summed E-state index contributed by atoms with van der Waals surface area (Å²) < 4.78 is 37.1. The van der Waals surface area contributed by atoms with Crippen molar-refractivity contribution < 1.29 is 32.3 Å². The van der Waals surface area contributed by atoms with Gasteiger partial charge in [-0.2, -0.15) is 13.2 Å². The van der Waals surface area contributed by atoms with Crippen molar-refractivity contribution in [3.63, 3.8) is 0 Å². The smallest absolute Gasteiger partial charge is 0.348 e. The van der Waals surface area contributed by atoms with E-state index in [4.69, 9.17) is 0 Å². The lowest BCUT2D eigenvalue weighted by molar-refractivity contribution is -0.174. The van der Waals surface area contributed by atoms with Crippen LogP contribution >= 0.6 is 0 Å². The molecule has 3 atom stereocenters. The molecule has 1 aliphatic heterocycles. The summed E-state index contributed by atoms with van der Waals surface area (Å²) in [5.41, 5.74) is 2.26. The van der Waals surface area contributed by atoms with Crippen LogP contribution in [-0.4, -0.2) is 59.9 Å². The van der Waals surface area contributed by atoms with E-state index in [1.807, 2.05) is 24.3 Å². The molecule has 0 saturated carbocycles. The highest BCUT2D eigenvalue weighted by Gasteiger charge is 2.40. The molecule has 1 aliphatic carbocycles. The average Bonchev–Trinajstić information content (AvgIpc) is 2.76. The highest BCUT2D eigenvalue weighted by molar-refractivity contribution is 5.94. The Morgan fingerprint density at radius 3 is 2.52 bits per heavy atom. The summed E-state index contributed by atoms with van der Waals surface area (Å²) in [7, 11) is 0. The number of fused-ring (bicyclic) bond motifs is 1. The molecule has 3 N–H and O–H groups in total. The third kappa shape index (κ3) is 6.23. The molecular weight excluding hydrogens is 441 g/mol. The standard InChI is InChI=1S/C22H27F3N4O4/c1-13(26-21(33)22(23,24)25)19(31)28-17-10-5-11-29(20(17)32)12-18(30)27-16-9-4-7-14-6-2-3-8-15(14)16/h2-3,6,8,13,16-17H,4-5,7,9-12H2,1H3,(H,26,33)(H,27,30)(H,28,31)/t13-,16+,17-/m0/s1. The van der Waals surface area contributed by atoms with Crippen LogP contribution in [0.4, 0.5) is 13.2 Å². The van der Waals surface area contributed by atoms with Gasteiger partial charge in [0.05, 0.1) is 12.6 Å². The SMILES string of the molecule is C[C@H](NC(=O)C(F)(F)F)C(=O)N[C@H]1CCCN(CC(=O)N[C@@H]2CCCc3ccccc32)C1=O. The van der Waals surface area contributed by atoms with Gasteiger partial charge in [-0.05, 0) is 50.2 Å². The molecule has 0 radical (unpaired) electrons. The van der Waals surface area contributed by atoms with Crippen LogP contribution in [0.15, 0.2) is 24.3 Å². The van der Waals surface area contributed by atoms with Crippen LogP contribution in [0.25, 0.3) is 0 Å². The van der Waals surface area contributed by atoms with Crippen LogP contribution in [-0.2, 0) is 25.6 Å². The molecule has 0 bridgehead atoms. The van der Waals surface area contributed by atoms with E-state index in [9.17, 15) is 32.3 Å². The average molecular weight is 468 g/mol. The number of nitrogens with one attached hydrogen (secondary N) is 3. The van der Waals surface area contributed by atoms with Gasteiger partial charge in [0, 0.05) is 6.54 Å². The summed E-state index contributed by atoms with van der Waals surface area (Å²) in [6.07, 6.45) is -1.61. The van der Waals surface area contributed by atoms with Gasteiger partial charge in [0.25, 0.3) is 0 Å². The number of likely N-dealkylation sites (tertiary alicyclic amines) is 1. The lowest BCUT2D eigenvalue weighted by atomic mass is 9.88. The molecule has 33 heavy (non-hydrogen) atoms. The van der Waals surface area contributed by atoms with Crippen molar-refractivity contribution in [2.24, 2.45) is 0 Å². The molecule has 1 aromatic rings. The van der Waals surface area contributed by atoms with Gasteiger partial charge < -0.3 is 20.9 Å². The zero-order valence-corrected chi connectivity index (χ0v) is 18.2. The Morgan fingerprint density at radius 2 is 1.79 bits per heavy atom. The fraction of sp³-hybridized carbons (Fsp3) is 0.545. The highest BCUT2D eigenvalue weighted by atomic mass is 19.4. The maximum absolute atomic E-state index is 12.8. The third-order valence-electron chi connectivity index (χ3n) is 5.88. The van der Waals surface area contributed by atoms with E-state index >= 15 is 0 Å². The summed E-state index contributed by atoms with van der Waals surface area (Å²) in [4.78, 5) is 49.9. The Labute approximate surface area is 189 Å². The Kier molecular flexibility index (Phi) is 7.60. The number of carbonyl (C=O) groups is 4. The number of hydrogen-bond acceptors (Lipinski definition) is 4. The highest BCUT2D eigenvalue weighted by Crippen LogP contribution is 2.29. The number of nitrogens with zero attached hydrogens (tertiary/aromatic N) is 1. The van der Waals surface area contributed by atoms with Crippen LogP contribution in [0.2, 0.25) is 0 Å². The number of rotatable bonds is 6. The van der Waals surface area contributed by atoms with Crippen LogP contribution in [0, 0.1) is 0 Å². The maximum Gasteiger partial charge on any atom is 0.471 e. The summed E-state index contributed by atoms with van der Waals surface area (Å²) in [6.45, 7) is 1.25. The van der Waals surface area contributed by atoms with Gasteiger partial charge in [0.1, 0.15) is 12.1 Å². The first-order chi connectivity index (χ1) is 15.6. The summed E-state index contributed by atoms with van der Waals surface area (Å²) in [6, 6.07) is 5.32. The topological polar surface area (TPSA) is 108 Å². The number of amides is 4. The number of piperidine rings is 1. The molecule has 2 aliphatic rings. The van der Waals surface area contributed by atoms with Crippen molar-refractivity contribution in [1.29, 1.82) is 0 Å².